The second kappa shape index (κ2) is 4.08. The number of rotatable bonds is 2. The van der Waals surface area contributed by atoms with Gasteiger partial charge in [0.2, 0.25) is 0 Å². The van der Waals surface area contributed by atoms with Gasteiger partial charge in [0.25, 0.3) is 5.56 Å². The highest BCUT2D eigenvalue weighted by molar-refractivity contribution is 4.86. The Balaban J connectivity index is 2.21. The van der Waals surface area contributed by atoms with E-state index < -0.39 is 29.6 Å². The Hall–Kier alpha value is -1.48. The molecule has 0 amide bonds. The summed E-state index contributed by atoms with van der Waals surface area (Å²) in [5.74, 6) is -2.93. The lowest BCUT2D eigenvalue weighted by Gasteiger charge is -2.22. The van der Waals surface area contributed by atoms with Gasteiger partial charge >= 0.3 is 11.7 Å². The Morgan fingerprint density at radius 1 is 1.35 bits per heavy atom. The van der Waals surface area contributed by atoms with E-state index in [0.29, 0.717) is 6.42 Å². The molecule has 1 aromatic heterocycles. The fraction of sp³-hybridized carbons (Fsp3) is 0.556. The topological polar surface area (TPSA) is 125 Å². The first-order valence-electron chi connectivity index (χ1n) is 5.02. The van der Waals surface area contributed by atoms with Crippen molar-refractivity contribution in [1.82, 2.24) is 9.55 Å². The molecular formula is C9H12N2O6. The number of nitrogens with zero attached hydrogens (tertiary/aromatic N) is 1. The lowest BCUT2D eigenvalue weighted by Crippen LogP contribution is -2.42. The number of aromatic amines is 1. The Kier molecular flexibility index (Phi) is 2.87. The maximum atomic E-state index is 11.4. The van der Waals surface area contributed by atoms with Crippen LogP contribution >= 0.6 is 0 Å². The van der Waals surface area contributed by atoms with Crippen molar-refractivity contribution in [3.8, 4) is 0 Å². The first-order chi connectivity index (χ1) is 7.88. The van der Waals surface area contributed by atoms with Crippen molar-refractivity contribution in [2.24, 2.45) is 0 Å². The summed E-state index contributed by atoms with van der Waals surface area (Å²) in [7, 11) is 0. The second-order valence-corrected chi connectivity index (χ2v) is 3.86. The summed E-state index contributed by atoms with van der Waals surface area (Å²) in [5.41, 5.74) is -1.18. The van der Waals surface area contributed by atoms with Crippen molar-refractivity contribution in [2.45, 2.75) is 31.1 Å². The average molecular weight is 244 g/mol. The molecule has 0 aromatic carbocycles. The largest absolute Gasteiger partial charge is 0.346 e. The maximum absolute atomic E-state index is 11.4. The molecule has 17 heavy (non-hydrogen) atoms. The van der Waals surface area contributed by atoms with E-state index in [0.717, 1.165) is 10.6 Å². The molecular weight excluding hydrogens is 232 g/mol. The van der Waals surface area contributed by atoms with Gasteiger partial charge in [-0.05, 0) is 12.8 Å². The highest BCUT2D eigenvalue weighted by atomic mass is 16.7. The minimum atomic E-state index is -2.93. The van der Waals surface area contributed by atoms with E-state index in [2.05, 4.69) is 4.98 Å². The SMILES string of the molecule is O=c1ccn(C2CCC(C(O)(O)O)O2)c(=O)[nH]1. The Labute approximate surface area is 94.7 Å². The predicted octanol–water partition coefficient (Wildman–Crippen LogP) is -2.16. The summed E-state index contributed by atoms with van der Waals surface area (Å²) in [6.07, 6.45) is -0.177. The zero-order valence-electron chi connectivity index (χ0n) is 8.74. The maximum Gasteiger partial charge on any atom is 0.330 e. The number of nitrogens with one attached hydrogen (secondary N) is 1. The zero-order valence-corrected chi connectivity index (χ0v) is 8.74. The van der Waals surface area contributed by atoms with Gasteiger partial charge in [0.15, 0.2) is 0 Å². The minimum Gasteiger partial charge on any atom is -0.346 e. The molecule has 2 rings (SSSR count). The molecule has 2 atom stereocenters. The molecule has 0 spiro atoms. The Morgan fingerprint density at radius 3 is 2.59 bits per heavy atom. The molecule has 1 aromatic rings. The van der Waals surface area contributed by atoms with Crippen LogP contribution in [-0.2, 0) is 4.74 Å². The Morgan fingerprint density at radius 2 is 2.06 bits per heavy atom. The van der Waals surface area contributed by atoms with Crippen LogP contribution in [0, 0.1) is 0 Å². The highest BCUT2D eigenvalue weighted by Crippen LogP contribution is 2.30. The van der Waals surface area contributed by atoms with Crippen LogP contribution in [0.1, 0.15) is 19.1 Å². The molecule has 1 aliphatic heterocycles. The molecule has 4 N–H and O–H groups in total. The van der Waals surface area contributed by atoms with E-state index in [9.17, 15) is 9.59 Å². The first kappa shape index (κ1) is 12.0. The molecule has 0 saturated carbocycles. The van der Waals surface area contributed by atoms with Gasteiger partial charge in [-0.2, -0.15) is 0 Å². The van der Waals surface area contributed by atoms with E-state index in [1.54, 1.807) is 0 Å². The van der Waals surface area contributed by atoms with Crippen LogP contribution < -0.4 is 11.2 Å². The van der Waals surface area contributed by atoms with Crippen LogP contribution in [0.3, 0.4) is 0 Å². The Bertz CT molecular complexity index is 513. The third kappa shape index (κ3) is 2.44. The second-order valence-electron chi connectivity index (χ2n) is 3.86. The molecule has 2 heterocycles. The molecule has 1 saturated heterocycles. The van der Waals surface area contributed by atoms with E-state index in [-0.39, 0.29) is 6.42 Å². The van der Waals surface area contributed by atoms with E-state index in [1.165, 1.54) is 6.20 Å². The normalized spacial score (nSPS) is 25.1. The van der Waals surface area contributed by atoms with Gasteiger partial charge in [-0.25, -0.2) is 4.79 Å². The summed E-state index contributed by atoms with van der Waals surface area (Å²) in [5, 5.41) is 26.8. The number of ether oxygens (including phenoxy) is 1. The van der Waals surface area contributed by atoms with Crippen LogP contribution in [0.5, 0.6) is 0 Å². The van der Waals surface area contributed by atoms with Crippen molar-refractivity contribution in [1.29, 1.82) is 0 Å². The number of H-pyrrole nitrogens is 1. The summed E-state index contributed by atoms with van der Waals surface area (Å²) in [4.78, 5) is 24.3. The van der Waals surface area contributed by atoms with E-state index >= 15 is 0 Å². The number of hydrogen-bond acceptors (Lipinski definition) is 6. The van der Waals surface area contributed by atoms with E-state index in [1.807, 2.05) is 0 Å². The smallest absolute Gasteiger partial charge is 0.330 e. The van der Waals surface area contributed by atoms with Gasteiger partial charge in [0.05, 0.1) is 0 Å². The van der Waals surface area contributed by atoms with Crippen LogP contribution in [-0.4, -0.2) is 36.9 Å². The fourth-order valence-corrected chi connectivity index (χ4v) is 1.76. The minimum absolute atomic E-state index is 0.180. The molecule has 0 radical (unpaired) electrons. The summed E-state index contributed by atoms with van der Waals surface area (Å²) >= 11 is 0. The molecule has 94 valence electrons. The summed E-state index contributed by atoms with van der Waals surface area (Å²) in [6, 6.07) is 1.15. The summed E-state index contributed by atoms with van der Waals surface area (Å²) < 4.78 is 6.24. The van der Waals surface area contributed by atoms with Gasteiger partial charge in [-0.15, -0.1) is 0 Å². The molecule has 2 unspecified atom stereocenters. The van der Waals surface area contributed by atoms with Crippen LogP contribution in [0.15, 0.2) is 21.9 Å². The van der Waals surface area contributed by atoms with Crippen molar-refractivity contribution in [3.63, 3.8) is 0 Å². The molecule has 8 nitrogen and oxygen atoms in total. The van der Waals surface area contributed by atoms with Gasteiger partial charge < -0.3 is 20.1 Å². The third-order valence-electron chi connectivity index (χ3n) is 2.59. The predicted molar refractivity (Wildman–Crippen MR) is 53.9 cm³/mol. The monoisotopic (exact) mass is 244 g/mol. The third-order valence-corrected chi connectivity index (χ3v) is 2.59. The van der Waals surface area contributed by atoms with Crippen molar-refractivity contribution in [2.75, 3.05) is 0 Å². The zero-order chi connectivity index (χ0) is 12.6. The molecule has 8 heteroatoms. The molecule has 1 aliphatic rings. The number of hydrogen-bond donors (Lipinski definition) is 4. The van der Waals surface area contributed by atoms with Crippen molar-refractivity contribution in [3.05, 3.63) is 33.1 Å². The highest BCUT2D eigenvalue weighted by Gasteiger charge is 2.40. The number of aromatic nitrogens is 2. The van der Waals surface area contributed by atoms with Crippen molar-refractivity contribution >= 4 is 0 Å². The summed E-state index contributed by atoms with van der Waals surface area (Å²) in [6.45, 7) is 0. The standard InChI is InChI=1S/C9H12N2O6/c12-6-3-4-11(8(13)10-6)7-2-1-5(17-7)9(14,15)16/h3-5,7,14-16H,1-2H2,(H,10,12,13). The quantitative estimate of drug-likeness (QED) is 0.439. The van der Waals surface area contributed by atoms with Gasteiger partial charge in [-0.3, -0.25) is 14.3 Å². The van der Waals surface area contributed by atoms with Gasteiger partial charge in [-0.1, -0.05) is 0 Å². The average Bonchev–Trinajstić information content (AvgIpc) is 2.65. The molecule has 0 bridgehead atoms. The number of aliphatic hydroxyl groups is 3. The van der Waals surface area contributed by atoms with Crippen LogP contribution in [0.25, 0.3) is 0 Å². The molecule has 1 fully saturated rings. The van der Waals surface area contributed by atoms with Gasteiger partial charge in [0.1, 0.15) is 12.3 Å². The van der Waals surface area contributed by atoms with Crippen LogP contribution in [0.2, 0.25) is 0 Å². The van der Waals surface area contributed by atoms with Gasteiger partial charge in [0, 0.05) is 12.3 Å². The molecule has 0 aliphatic carbocycles. The van der Waals surface area contributed by atoms with Crippen LogP contribution in [0.4, 0.5) is 0 Å². The van der Waals surface area contributed by atoms with E-state index in [4.69, 9.17) is 20.1 Å². The first-order valence-corrected chi connectivity index (χ1v) is 5.02. The lowest BCUT2D eigenvalue weighted by molar-refractivity contribution is -0.360. The lowest BCUT2D eigenvalue weighted by atomic mass is 10.2. The van der Waals surface area contributed by atoms with Crippen molar-refractivity contribution < 1.29 is 20.1 Å². The fourth-order valence-electron chi connectivity index (χ4n) is 1.76.